The molecule has 1 atom stereocenters. The van der Waals surface area contributed by atoms with E-state index in [0.717, 1.165) is 0 Å². The number of ether oxygens (including phenoxy) is 1. The van der Waals surface area contributed by atoms with Gasteiger partial charge in [0.15, 0.2) is 10.8 Å². The van der Waals surface area contributed by atoms with Gasteiger partial charge in [0.05, 0.1) is 7.11 Å². The summed E-state index contributed by atoms with van der Waals surface area (Å²) in [6.45, 7) is 0.566. The van der Waals surface area contributed by atoms with Gasteiger partial charge in [-0.1, -0.05) is 0 Å². The number of rotatable bonds is 3. The molecule has 1 aromatic rings. The Balaban J connectivity index is 2.15. The van der Waals surface area contributed by atoms with E-state index in [1.165, 1.54) is 18.4 Å². The molecule has 92 valence electrons. The maximum absolute atomic E-state index is 11.7. The Bertz CT molecular complexity index is 449. The maximum atomic E-state index is 11.7. The minimum absolute atomic E-state index is 0.00131. The third-order valence-corrected chi connectivity index (χ3v) is 3.84. The Hall–Kier alpha value is -1.14. The van der Waals surface area contributed by atoms with Crippen molar-refractivity contribution in [1.82, 2.24) is 4.98 Å². The maximum Gasteiger partial charge on any atom is 0.357 e. The predicted octanol–water partition coefficient (Wildman–Crippen LogP) is 1.52. The molecule has 1 fully saturated rings. The fourth-order valence-electron chi connectivity index (χ4n) is 1.66. The number of anilines is 1. The van der Waals surface area contributed by atoms with Crippen molar-refractivity contribution in [2.75, 3.05) is 24.4 Å². The molecular formula is C10H11ClN2O3S. The van der Waals surface area contributed by atoms with Crippen LogP contribution in [0.2, 0.25) is 0 Å². The summed E-state index contributed by atoms with van der Waals surface area (Å²) in [5.41, 5.74) is 0.231. The minimum Gasteiger partial charge on any atom is -0.464 e. The lowest BCUT2D eigenvalue weighted by atomic mass is 10.2. The highest BCUT2D eigenvalue weighted by molar-refractivity contribution is 7.14. The molecule has 7 heteroatoms. The van der Waals surface area contributed by atoms with Gasteiger partial charge in [-0.3, -0.25) is 9.69 Å². The number of amides is 1. The largest absolute Gasteiger partial charge is 0.464 e. The molecule has 1 saturated heterocycles. The SMILES string of the molecule is COC(=O)c1csc(N2CC(CCl)CC2=O)n1. The van der Waals surface area contributed by atoms with Crippen molar-refractivity contribution in [3.05, 3.63) is 11.1 Å². The molecular weight excluding hydrogens is 264 g/mol. The number of carbonyl (C=O) groups is 2. The highest BCUT2D eigenvalue weighted by atomic mass is 35.5. The lowest BCUT2D eigenvalue weighted by Crippen LogP contribution is -2.24. The average molecular weight is 275 g/mol. The summed E-state index contributed by atoms with van der Waals surface area (Å²) >= 11 is 6.99. The molecule has 0 aliphatic carbocycles. The second-order valence-corrected chi connectivity index (χ2v) is 4.88. The predicted molar refractivity (Wildman–Crippen MR) is 64.6 cm³/mol. The number of halogens is 1. The van der Waals surface area contributed by atoms with E-state index in [1.807, 2.05) is 0 Å². The quantitative estimate of drug-likeness (QED) is 0.619. The summed E-state index contributed by atoms with van der Waals surface area (Å²) in [4.78, 5) is 28.6. The molecule has 0 saturated carbocycles. The molecule has 1 aromatic heterocycles. The molecule has 17 heavy (non-hydrogen) atoms. The minimum atomic E-state index is -0.493. The van der Waals surface area contributed by atoms with Gasteiger partial charge in [-0.2, -0.15) is 0 Å². The second-order valence-electron chi connectivity index (χ2n) is 3.74. The van der Waals surface area contributed by atoms with Crippen molar-refractivity contribution in [2.24, 2.45) is 5.92 Å². The van der Waals surface area contributed by atoms with Gasteiger partial charge < -0.3 is 4.74 Å². The van der Waals surface area contributed by atoms with E-state index in [0.29, 0.717) is 24.0 Å². The number of aromatic nitrogens is 1. The topological polar surface area (TPSA) is 59.5 Å². The van der Waals surface area contributed by atoms with Crippen LogP contribution in [0.4, 0.5) is 5.13 Å². The Kier molecular flexibility index (Phi) is 3.63. The molecule has 1 aliphatic rings. The third-order valence-electron chi connectivity index (χ3n) is 2.54. The number of hydrogen-bond donors (Lipinski definition) is 0. The molecule has 0 radical (unpaired) electrons. The van der Waals surface area contributed by atoms with Crippen LogP contribution in [0.3, 0.4) is 0 Å². The van der Waals surface area contributed by atoms with Crippen molar-refractivity contribution in [3.8, 4) is 0 Å². The normalized spacial score (nSPS) is 19.8. The number of methoxy groups -OCH3 is 1. The molecule has 0 aromatic carbocycles. The molecule has 0 bridgehead atoms. The van der Waals surface area contributed by atoms with E-state index in [1.54, 1.807) is 10.3 Å². The summed E-state index contributed by atoms with van der Waals surface area (Å²) in [5, 5.41) is 2.12. The van der Waals surface area contributed by atoms with Crippen LogP contribution in [0.25, 0.3) is 0 Å². The number of esters is 1. The van der Waals surface area contributed by atoms with E-state index in [9.17, 15) is 9.59 Å². The summed E-state index contributed by atoms with van der Waals surface area (Å²) < 4.78 is 4.56. The second kappa shape index (κ2) is 5.01. The Morgan fingerprint density at radius 3 is 3.12 bits per heavy atom. The first-order valence-electron chi connectivity index (χ1n) is 5.06. The van der Waals surface area contributed by atoms with Crippen LogP contribution in [0.5, 0.6) is 0 Å². The summed E-state index contributed by atoms with van der Waals surface area (Å²) in [6.07, 6.45) is 0.441. The van der Waals surface area contributed by atoms with E-state index >= 15 is 0 Å². The van der Waals surface area contributed by atoms with Crippen LogP contribution in [0.15, 0.2) is 5.38 Å². The first-order chi connectivity index (χ1) is 8.15. The lowest BCUT2D eigenvalue weighted by Gasteiger charge is -2.11. The molecule has 0 N–H and O–H groups in total. The number of thiazole rings is 1. The van der Waals surface area contributed by atoms with Gasteiger partial charge in [0, 0.05) is 24.2 Å². The van der Waals surface area contributed by atoms with Crippen LogP contribution < -0.4 is 4.90 Å². The molecule has 1 aliphatic heterocycles. The summed E-state index contributed by atoms with van der Waals surface area (Å²) in [7, 11) is 1.30. The third kappa shape index (κ3) is 2.42. The Morgan fingerprint density at radius 2 is 2.53 bits per heavy atom. The van der Waals surface area contributed by atoms with E-state index in [4.69, 9.17) is 11.6 Å². The van der Waals surface area contributed by atoms with Crippen LogP contribution in [-0.4, -0.2) is 36.4 Å². The molecule has 2 rings (SSSR count). The number of carbonyl (C=O) groups excluding carboxylic acids is 2. The van der Waals surface area contributed by atoms with Crippen molar-refractivity contribution in [1.29, 1.82) is 0 Å². The lowest BCUT2D eigenvalue weighted by molar-refractivity contribution is -0.117. The Labute approximate surface area is 107 Å². The number of alkyl halides is 1. The van der Waals surface area contributed by atoms with Crippen molar-refractivity contribution in [2.45, 2.75) is 6.42 Å². The van der Waals surface area contributed by atoms with Crippen LogP contribution in [-0.2, 0) is 9.53 Å². The Morgan fingerprint density at radius 1 is 1.76 bits per heavy atom. The molecule has 1 unspecified atom stereocenters. The summed E-state index contributed by atoms with van der Waals surface area (Å²) in [6, 6.07) is 0. The van der Waals surface area contributed by atoms with Gasteiger partial charge in [-0.05, 0) is 5.92 Å². The highest BCUT2D eigenvalue weighted by Crippen LogP contribution is 2.28. The van der Waals surface area contributed by atoms with Gasteiger partial charge >= 0.3 is 5.97 Å². The fourth-order valence-corrected chi connectivity index (χ4v) is 2.68. The van der Waals surface area contributed by atoms with Crippen molar-refractivity contribution in [3.63, 3.8) is 0 Å². The van der Waals surface area contributed by atoms with Gasteiger partial charge in [-0.25, -0.2) is 9.78 Å². The van der Waals surface area contributed by atoms with Gasteiger partial charge in [0.2, 0.25) is 5.91 Å². The zero-order valence-electron chi connectivity index (χ0n) is 9.18. The van der Waals surface area contributed by atoms with Crippen LogP contribution in [0.1, 0.15) is 16.9 Å². The number of nitrogens with zero attached hydrogens (tertiary/aromatic N) is 2. The number of hydrogen-bond acceptors (Lipinski definition) is 5. The van der Waals surface area contributed by atoms with Gasteiger partial charge in [0.1, 0.15) is 0 Å². The molecule has 2 heterocycles. The zero-order chi connectivity index (χ0) is 12.4. The average Bonchev–Trinajstić information content (AvgIpc) is 2.94. The highest BCUT2D eigenvalue weighted by Gasteiger charge is 2.32. The zero-order valence-corrected chi connectivity index (χ0v) is 10.8. The summed E-state index contributed by atoms with van der Waals surface area (Å²) in [5.74, 6) is 0.126. The standard InChI is InChI=1S/C10H11ClN2O3S/c1-16-9(15)7-5-17-10(12-7)13-4-6(3-11)2-8(13)14/h5-6H,2-4H2,1H3. The monoisotopic (exact) mass is 274 g/mol. The first kappa shape index (κ1) is 12.3. The van der Waals surface area contributed by atoms with E-state index in [-0.39, 0.29) is 17.5 Å². The van der Waals surface area contributed by atoms with Gasteiger partial charge in [-0.15, -0.1) is 22.9 Å². The van der Waals surface area contributed by atoms with Crippen molar-refractivity contribution < 1.29 is 14.3 Å². The molecule has 1 amide bonds. The molecule has 0 spiro atoms. The fraction of sp³-hybridized carbons (Fsp3) is 0.500. The van der Waals surface area contributed by atoms with Gasteiger partial charge in [0.25, 0.3) is 0 Å². The van der Waals surface area contributed by atoms with E-state index < -0.39 is 5.97 Å². The van der Waals surface area contributed by atoms with Crippen LogP contribution >= 0.6 is 22.9 Å². The molecule has 5 nitrogen and oxygen atoms in total. The first-order valence-corrected chi connectivity index (χ1v) is 6.47. The van der Waals surface area contributed by atoms with E-state index in [2.05, 4.69) is 9.72 Å². The smallest absolute Gasteiger partial charge is 0.357 e. The van der Waals surface area contributed by atoms with Crippen LogP contribution in [0, 0.1) is 5.92 Å². The van der Waals surface area contributed by atoms with Crippen molar-refractivity contribution >= 4 is 39.9 Å².